The number of carbonyl (C=O) groups is 2. The number of aromatic nitrogens is 2. The van der Waals surface area contributed by atoms with E-state index in [1.807, 2.05) is 24.3 Å². The molecule has 0 radical (unpaired) electrons. The van der Waals surface area contributed by atoms with Crippen LogP contribution < -0.4 is 10.6 Å². The van der Waals surface area contributed by atoms with Crippen molar-refractivity contribution in [3.05, 3.63) is 77.7 Å². The first-order chi connectivity index (χ1) is 13.6. The number of benzene rings is 2. The number of aryl methyl sites for hydroxylation is 1. The molecule has 0 unspecified atom stereocenters. The van der Waals surface area contributed by atoms with E-state index in [9.17, 15) is 9.59 Å². The van der Waals surface area contributed by atoms with Gasteiger partial charge in [0.1, 0.15) is 17.8 Å². The maximum absolute atomic E-state index is 12.4. The first-order valence-electron chi connectivity index (χ1n) is 8.76. The Morgan fingerprint density at radius 1 is 0.964 bits per heavy atom. The number of hydrogen-bond donors (Lipinski definition) is 2. The van der Waals surface area contributed by atoms with Gasteiger partial charge in [0.25, 0.3) is 5.91 Å². The first-order valence-corrected chi connectivity index (χ1v) is 8.76. The Kier molecular flexibility index (Phi) is 5.96. The average Bonchev–Trinajstić information content (AvgIpc) is 2.74. The molecule has 3 rings (SSSR count). The molecule has 0 saturated heterocycles. The fraction of sp³-hybridized carbons (Fsp3) is 0.143. The van der Waals surface area contributed by atoms with Crippen molar-refractivity contribution in [3.63, 3.8) is 0 Å². The molecular weight excluding hydrogens is 356 g/mol. The Morgan fingerprint density at radius 3 is 2.29 bits per heavy atom. The van der Waals surface area contributed by atoms with Gasteiger partial charge in [-0.3, -0.25) is 4.79 Å². The molecule has 0 aliphatic rings. The molecule has 0 aliphatic carbocycles. The summed E-state index contributed by atoms with van der Waals surface area (Å²) in [5, 5.41) is 5.90. The Bertz CT molecular complexity index is 970. The zero-order valence-electron chi connectivity index (χ0n) is 15.6. The largest absolute Gasteiger partial charge is 0.465 e. The monoisotopic (exact) mass is 376 g/mol. The van der Waals surface area contributed by atoms with Gasteiger partial charge in [-0.2, -0.15) is 0 Å². The fourth-order valence-electron chi connectivity index (χ4n) is 2.52. The van der Waals surface area contributed by atoms with Crippen LogP contribution >= 0.6 is 0 Å². The fourth-order valence-corrected chi connectivity index (χ4v) is 2.52. The summed E-state index contributed by atoms with van der Waals surface area (Å²) < 4.78 is 4.67. The lowest BCUT2D eigenvalue weighted by Gasteiger charge is -2.08. The summed E-state index contributed by atoms with van der Waals surface area (Å²) in [6.45, 7) is 2.08. The van der Waals surface area contributed by atoms with Crippen LogP contribution in [0.15, 0.2) is 60.9 Å². The highest BCUT2D eigenvalue weighted by Crippen LogP contribution is 2.17. The van der Waals surface area contributed by atoms with Gasteiger partial charge < -0.3 is 15.4 Å². The summed E-state index contributed by atoms with van der Waals surface area (Å²) in [6, 6.07) is 16.0. The Balaban J connectivity index is 1.69. The molecule has 0 saturated carbocycles. The van der Waals surface area contributed by atoms with Crippen LogP contribution in [0.1, 0.15) is 33.3 Å². The lowest BCUT2D eigenvalue weighted by atomic mass is 10.1. The summed E-state index contributed by atoms with van der Waals surface area (Å²) in [4.78, 5) is 32.1. The molecule has 0 aliphatic heterocycles. The van der Waals surface area contributed by atoms with Crippen LogP contribution in [0.4, 0.5) is 17.2 Å². The van der Waals surface area contributed by atoms with E-state index >= 15 is 0 Å². The zero-order valence-corrected chi connectivity index (χ0v) is 15.6. The van der Waals surface area contributed by atoms with Gasteiger partial charge in [0, 0.05) is 17.4 Å². The molecule has 2 N–H and O–H groups in total. The normalized spacial score (nSPS) is 10.2. The third kappa shape index (κ3) is 4.70. The maximum Gasteiger partial charge on any atom is 0.337 e. The molecule has 1 heterocycles. The molecule has 142 valence electrons. The van der Waals surface area contributed by atoms with Crippen LogP contribution in [0.5, 0.6) is 0 Å². The number of anilines is 3. The smallest absolute Gasteiger partial charge is 0.337 e. The van der Waals surface area contributed by atoms with Gasteiger partial charge in [0.15, 0.2) is 0 Å². The highest BCUT2D eigenvalue weighted by Gasteiger charge is 2.10. The molecule has 3 aromatic rings. The summed E-state index contributed by atoms with van der Waals surface area (Å²) in [6.07, 6.45) is 2.26. The molecule has 0 bridgehead atoms. The van der Waals surface area contributed by atoms with Gasteiger partial charge in [0.05, 0.1) is 12.7 Å². The number of esters is 1. The van der Waals surface area contributed by atoms with Crippen molar-refractivity contribution in [2.45, 2.75) is 13.3 Å². The molecule has 1 amide bonds. The third-order valence-corrected chi connectivity index (χ3v) is 4.10. The minimum absolute atomic E-state index is 0.239. The van der Waals surface area contributed by atoms with E-state index in [0.29, 0.717) is 22.8 Å². The van der Waals surface area contributed by atoms with E-state index in [4.69, 9.17) is 0 Å². The van der Waals surface area contributed by atoms with E-state index in [1.165, 1.54) is 19.0 Å². The van der Waals surface area contributed by atoms with Crippen molar-refractivity contribution in [2.75, 3.05) is 17.7 Å². The molecule has 2 aromatic carbocycles. The van der Waals surface area contributed by atoms with E-state index in [0.717, 1.165) is 6.42 Å². The van der Waals surface area contributed by atoms with Crippen LogP contribution in [0, 0.1) is 0 Å². The van der Waals surface area contributed by atoms with Gasteiger partial charge in [-0.25, -0.2) is 14.8 Å². The van der Waals surface area contributed by atoms with E-state index < -0.39 is 5.97 Å². The number of ether oxygens (including phenoxy) is 1. The van der Waals surface area contributed by atoms with Crippen molar-refractivity contribution >= 4 is 29.1 Å². The molecule has 0 atom stereocenters. The average molecular weight is 376 g/mol. The van der Waals surface area contributed by atoms with Crippen LogP contribution in [-0.4, -0.2) is 29.0 Å². The van der Waals surface area contributed by atoms with Gasteiger partial charge >= 0.3 is 5.97 Å². The van der Waals surface area contributed by atoms with Crippen LogP contribution in [-0.2, 0) is 11.2 Å². The second kappa shape index (κ2) is 8.77. The minimum Gasteiger partial charge on any atom is -0.465 e. The Labute approximate surface area is 162 Å². The summed E-state index contributed by atoms with van der Waals surface area (Å²) >= 11 is 0. The quantitative estimate of drug-likeness (QED) is 0.635. The maximum atomic E-state index is 12.4. The van der Waals surface area contributed by atoms with Gasteiger partial charge in [-0.15, -0.1) is 0 Å². The molecule has 28 heavy (non-hydrogen) atoms. The van der Waals surface area contributed by atoms with Crippen molar-refractivity contribution in [3.8, 4) is 0 Å². The van der Waals surface area contributed by atoms with E-state index in [1.54, 1.807) is 30.3 Å². The number of carbonyl (C=O) groups excluding carboxylic acids is 2. The lowest BCUT2D eigenvalue weighted by Crippen LogP contribution is -2.14. The van der Waals surface area contributed by atoms with Gasteiger partial charge in [0.2, 0.25) is 0 Å². The highest BCUT2D eigenvalue weighted by atomic mass is 16.5. The molecular formula is C21H20N4O3. The van der Waals surface area contributed by atoms with Crippen molar-refractivity contribution in [2.24, 2.45) is 0 Å². The second-order valence-electron chi connectivity index (χ2n) is 5.99. The first kappa shape index (κ1) is 19.0. The summed E-state index contributed by atoms with van der Waals surface area (Å²) in [5.74, 6) is -0.262. The number of hydrogen-bond acceptors (Lipinski definition) is 6. The second-order valence-corrected chi connectivity index (χ2v) is 5.99. The van der Waals surface area contributed by atoms with Crippen LogP contribution in [0.2, 0.25) is 0 Å². The summed E-state index contributed by atoms with van der Waals surface area (Å²) in [5.41, 5.74) is 3.31. The van der Waals surface area contributed by atoms with E-state index in [-0.39, 0.29) is 11.6 Å². The lowest BCUT2D eigenvalue weighted by molar-refractivity contribution is 0.0600. The highest BCUT2D eigenvalue weighted by molar-refractivity contribution is 6.03. The minimum atomic E-state index is -0.403. The third-order valence-electron chi connectivity index (χ3n) is 4.10. The van der Waals surface area contributed by atoms with Gasteiger partial charge in [-0.05, 0) is 48.4 Å². The number of nitrogens with one attached hydrogen (secondary N) is 2. The van der Waals surface area contributed by atoms with Crippen molar-refractivity contribution in [1.29, 1.82) is 0 Å². The molecule has 7 heteroatoms. The van der Waals surface area contributed by atoms with Crippen molar-refractivity contribution < 1.29 is 14.3 Å². The van der Waals surface area contributed by atoms with Crippen LogP contribution in [0.25, 0.3) is 0 Å². The number of rotatable bonds is 6. The van der Waals surface area contributed by atoms with Crippen LogP contribution in [0.3, 0.4) is 0 Å². The number of nitrogens with zero attached hydrogens (tertiary/aromatic N) is 2. The summed E-state index contributed by atoms with van der Waals surface area (Å²) in [7, 11) is 1.33. The molecule has 7 nitrogen and oxygen atoms in total. The van der Waals surface area contributed by atoms with Gasteiger partial charge in [-0.1, -0.05) is 19.1 Å². The SMILES string of the molecule is CCc1ccc(NC(=O)c2cc(Nc3ccc(C(=O)OC)cc3)ncn2)cc1. The Hall–Kier alpha value is -3.74. The van der Waals surface area contributed by atoms with Crippen molar-refractivity contribution in [1.82, 2.24) is 9.97 Å². The predicted octanol–water partition coefficient (Wildman–Crippen LogP) is 3.82. The predicted molar refractivity (Wildman–Crippen MR) is 107 cm³/mol. The molecule has 0 fully saturated rings. The standard InChI is InChI=1S/C21H20N4O3/c1-3-14-4-8-17(9-5-14)25-20(26)18-12-19(23-13-22-18)24-16-10-6-15(7-11-16)21(27)28-2/h4-13H,3H2,1-2H3,(H,25,26)(H,22,23,24). The molecule has 1 aromatic heterocycles. The number of amides is 1. The number of methoxy groups -OCH3 is 1. The molecule has 0 spiro atoms. The zero-order chi connectivity index (χ0) is 19.9. The Morgan fingerprint density at radius 2 is 1.64 bits per heavy atom. The van der Waals surface area contributed by atoms with E-state index in [2.05, 4.69) is 32.3 Å². The topological polar surface area (TPSA) is 93.2 Å².